The van der Waals surface area contributed by atoms with Crippen molar-refractivity contribution in [3.63, 3.8) is 0 Å². The molecule has 1 aromatic carbocycles. The van der Waals surface area contributed by atoms with Crippen LogP contribution < -0.4 is 5.73 Å². The van der Waals surface area contributed by atoms with Crippen LogP contribution in [0.5, 0.6) is 0 Å². The summed E-state index contributed by atoms with van der Waals surface area (Å²) in [6.45, 7) is 0. The number of nitrogens with two attached hydrogens (primary N) is 1. The number of carbonyl (C=O) groups excluding carboxylic acids is 1. The Morgan fingerprint density at radius 2 is 2.05 bits per heavy atom. The molecule has 2 heterocycles. The Balaban J connectivity index is 2.06. The summed E-state index contributed by atoms with van der Waals surface area (Å²) in [4.78, 5) is 19.3. The molecule has 0 aliphatic carbocycles. The van der Waals surface area contributed by atoms with E-state index in [2.05, 4.69) is 15.1 Å². The van der Waals surface area contributed by atoms with Crippen LogP contribution in [0.1, 0.15) is 0 Å². The topological polar surface area (TPSA) is 86.7 Å². The van der Waals surface area contributed by atoms with E-state index in [0.717, 1.165) is 11.1 Å². The standard InChI is InChI=1S/C13H11N5OS/c14-11(19)7-20-13-10-6-17-18(12(10)15-8-16-13)9-4-2-1-3-5-9/h1-6,8H,7H2,(H2,14,19). The third-order valence-corrected chi connectivity index (χ3v) is 3.71. The summed E-state index contributed by atoms with van der Waals surface area (Å²) < 4.78 is 1.74. The second kappa shape index (κ2) is 5.30. The maximum absolute atomic E-state index is 10.9. The zero-order valence-electron chi connectivity index (χ0n) is 10.4. The van der Waals surface area contributed by atoms with Crippen molar-refractivity contribution in [1.82, 2.24) is 19.7 Å². The lowest BCUT2D eigenvalue weighted by molar-refractivity contribution is -0.115. The van der Waals surface area contributed by atoms with Crippen LogP contribution in [0.15, 0.2) is 47.9 Å². The van der Waals surface area contributed by atoms with Crippen molar-refractivity contribution < 1.29 is 4.79 Å². The number of benzene rings is 1. The molecule has 0 bridgehead atoms. The number of rotatable bonds is 4. The van der Waals surface area contributed by atoms with Gasteiger partial charge in [0.25, 0.3) is 0 Å². The van der Waals surface area contributed by atoms with Crippen LogP contribution in [0, 0.1) is 0 Å². The van der Waals surface area contributed by atoms with Crippen molar-refractivity contribution >= 4 is 28.7 Å². The number of hydrogen-bond donors (Lipinski definition) is 1. The first-order valence-electron chi connectivity index (χ1n) is 5.91. The molecule has 20 heavy (non-hydrogen) atoms. The number of hydrogen-bond acceptors (Lipinski definition) is 5. The second-order valence-electron chi connectivity index (χ2n) is 4.06. The molecule has 7 heteroatoms. The van der Waals surface area contributed by atoms with Gasteiger partial charge in [-0.25, -0.2) is 14.6 Å². The van der Waals surface area contributed by atoms with Gasteiger partial charge in [0.1, 0.15) is 11.4 Å². The molecule has 0 spiro atoms. The minimum atomic E-state index is -0.378. The summed E-state index contributed by atoms with van der Waals surface area (Å²) in [5.74, 6) is -0.194. The molecular weight excluding hydrogens is 274 g/mol. The van der Waals surface area contributed by atoms with Crippen molar-refractivity contribution in [2.75, 3.05) is 5.75 Å². The first-order valence-corrected chi connectivity index (χ1v) is 6.89. The summed E-state index contributed by atoms with van der Waals surface area (Å²) in [6, 6.07) is 9.72. The van der Waals surface area contributed by atoms with Crippen LogP contribution in [0.4, 0.5) is 0 Å². The van der Waals surface area contributed by atoms with Crippen molar-refractivity contribution in [3.05, 3.63) is 42.9 Å². The van der Waals surface area contributed by atoms with E-state index in [1.807, 2.05) is 30.3 Å². The Kier molecular flexibility index (Phi) is 3.34. The molecule has 0 atom stereocenters. The van der Waals surface area contributed by atoms with Gasteiger partial charge in [-0.15, -0.1) is 0 Å². The van der Waals surface area contributed by atoms with Crippen molar-refractivity contribution in [2.45, 2.75) is 5.03 Å². The Hall–Kier alpha value is -2.41. The predicted molar refractivity (Wildman–Crippen MR) is 76.6 cm³/mol. The lowest BCUT2D eigenvalue weighted by atomic mass is 10.3. The van der Waals surface area contributed by atoms with Crippen molar-refractivity contribution in [1.29, 1.82) is 0 Å². The van der Waals surface area contributed by atoms with Crippen LogP contribution >= 0.6 is 11.8 Å². The quantitative estimate of drug-likeness (QED) is 0.578. The molecule has 0 unspecified atom stereocenters. The van der Waals surface area contributed by atoms with E-state index in [9.17, 15) is 4.79 Å². The smallest absolute Gasteiger partial charge is 0.227 e. The fourth-order valence-corrected chi connectivity index (χ4v) is 2.54. The normalized spacial score (nSPS) is 10.8. The lowest BCUT2D eigenvalue weighted by Crippen LogP contribution is -2.13. The third-order valence-electron chi connectivity index (χ3n) is 2.68. The van der Waals surface area contributed by atoms with E-state index in [1.54, 1.807) is 10.9 Å². The minimum Gasteiger partial charge on any atom is -0.369 e. The SMILES string of the molecule is NC(=O)CSc1ncnc2c1cnn2-c1ccccc1. The fraction of sp³-hybridized carbons (Fsp3) is 0.0769. The van der Waals surface area contributed by atoms with Crippen LogP contribution in [-0.2, 0) is 4.79 Å². The van der Waals surface area contributed by atoms with Gasteiger partial charge in [0.2, 0.25) is 5.91 Å². The van der Waals surface area contributed by atoms with Gasteiger partial charge >= 0.3 is 0 Å². The maximum atomic E-state index is 10.9. The second-order valence-corrected chi connectivity index (χ2v) is 5.03. The summed E-state index contributed by atoms with van der Waals surface area (Å²) in [5, 5.41) is 5.85. The Labute approximate surface area is 119 Å². The Bertz CT molecular complexity index is 756. The highest BCUT2D eigenvalue weighted by Gasteiger charge is 2.11. The first-order chi connectivity index (χ1) is 9.75. The van der Waals surface area contributed by atoms with Gasteiger partial charge in [0, 0.05) is 0 Å². The zero-order valence-corrected chi connectivity index (χ0v) is 11.2. The van der Waals surface area contributed by atoms with E-state index in [4.69, 9.17) is 5.73 Å². The maximum Gasteiger partial charge on any atom is 0.227 e. The van der Waals surface area contributed by atoms with Gasteiger partial charge < -0.3 is 5.73 Å². The number of amides is 1. The Morgan fingerprint density at radius 3 is 2.80 bits per heavy atom. The number of aromatic nitrogens is 4. The van der Waals surface area contributed by atoms with Gasteiger partial charge in [-0.3, -0.25) is 4.79 Å². The fourth-order valence-electron chi connectivity index (χ4n) is 1.84. The molecule has 3 rings (SSSR count). The highest BCUT2D eigenvalue weighted by atomic mass is 32.2. The molecule has 0 radical (unpaired) electrons. The summed E-state index contributed by atoms with van der Waals surface area (Å²) in [5.41, 5.74) is 6.79. The molecule has 2 N–H and O–H groups in total. The molecule has 0 saturated heterocycles. The highest BCUT2D eigenvalue weighted by molar-refractivity contribution is 8.00. The molecule has 0 aliphatic rings. The first kappa shape index (κ1) is 12.6. The number of para-hydroxylation sites is 1. The monoisotopic (exact) mass is 285 g/mol. The lowest BCUT2D eigenvalue weighted by Gasteiger charge is -2.03. The molecule has 100 valence electrons. The molecule has 0 fully saturated rings. The van der Waals surface area contributed by atoms with Gasteiger partial charge in [0.05, 0.1) is 23.0 Å². The number of fused-ring (bicyclic) bond motifs is 1. The number of carbonyl (C=O) groups is 1. The van der Waals surface area contributed by atoms with Crippen LogP contribution in [0.3, 0.4) is 0 Å². The minimum absolute atomic E-state index is 0.183. The molecule has 3 aromatic rings. The van der Waals surface area contributed by atoms with E-state index in [-0.39, 0.29) is 11.7 Å². The zero-order chi connectivity index (χ0) is 13.9. The average Bonchev–Trinajstić information content (AvgIpc) is 2.90. The summed E-state index contributed by atoms with van der Waals surface area (Å²) >= 11 is 1.29. The van der Waals surface area contributed by atoms with Crippen LogP contribution in [-0.4, -0.2) is 31.4 Å². The largest absolute Gasteiger partial charge is 0.369 e. The molecular formula is C13H11N5OS. The van der Waals surface area contributed by atoms with Gasteiger partial charge in [-0.05, 0) is 12.1 Å². The van der Waals surface area contributed by atoms with E-state index < -0.39 is 0 Å². The van der Waals surface area contributed by atoms with E-state index in [0.29, 0.717) is 10.7 Å². The molecule has 2 aromatic heterocycles. The molecule has 1 amide bonds. The van der Waals surface area contributed by atoms with E-state index in [1.165, 1.54) is 18.1 Å². The highest BCUT2D eigenvalue weighted by Crippen LogP contribution is 2.25. The number of nitrogens with zero attached hydrogens (tertiary/aromatic N) is 4. The summed E-state index contributed by atoms with van der Waals surface area (Å²) in [7, 11) is 0. The summed E-state index contributed by atoms with van der Waals surface area (Å²) in [6.07, 6.45) is 3.17. The van der Waals surface area contributed by atoms with Crippen molar-refractivity contribution in [2.24, 2.45) is 5.73 Å². The predicted octanol–water partition coefficient (Wildman–Crippen LogP) is 1.39. The molecule has 0 aliphatic heterocycles. The van der Waals surface area contributed by atoms with Crippen LogP contribution in [0.25, 0.3) is 16.7 Å². The third kappa shape index (κ3) is 2.35. The number of primary amides is 1. The van der Waals surface area contributed by atoms with Gasteiger partial charge in [-0.1, -0.05) is 30.0 Å². The van der Waals surface area contributed by atoms with Crippen molar-refractivity contribution in [3.8, 4) is 5.69 Å². The van der Waals surface area contributed by atoms with Crippen LogP contribution in [0.2, 0.25) is 0 Å². The Morgan fingerprint density at radius 1 is 1.25 bits per heavy atom. The molecule has 0 saturated carbocycles. The average molecular weight is 285 g/mol. The number of thioether (sulfide) groups is 1. The van der Waals surface area contributed by atoms with Gasteiger partial charge in [-0.2, -0.15) is 5.10 Å². The molecule has 6 nitrogen and oxygen atoms in total. The van der Waals surface area contributed by atoms with Gasteiger partial charge in [0.15, 0.2) is 5.65 Å². The van der Waals surface area contributed by atoms with E-state index >= 15 is 0 Å².